The maximum atomic E-state index is 11.7. The molecule has 0 saturated heterocycles. The number of hydrogen-bond donors (Lipinski definition) is 3. The van der Waals surface area contributed by atoms with Gasteiger partial charge in [0.25, 0.3) is 0 Å². The van der Waals surface area contributed by atoms with Gasteiger partial charge in [0.15, 0.2) is 0 Å². The van der Waals surface area contributed by atoms with E-state index in [1.54, 1.807) is 13.0 Å². The van der Waals surface area contributed by atoms with Crippen molar-refractivity contribution in [3.05, 3.63) is 26.6 Å². The number of amides is 2. The highest BCUT2D eigenvalue weighted by atomic mass is 79.9. The summed E-state index contributed by atoms with van der Waals surface area (Å²) in [4.78, 5) is 22.9. The third-order valence-corrected chi connectivity index (χ3v) is 3.56. The van der Waals surface area contributed by atoms with Crippen molar-refractivity contribution >= 4 is 49.5 Å². The smallest absolute Gasteiger partial charge is 0.337 e. The number of nitrogens with one attached hydrogen (secondary N) is 2. The molecule has 20 heavy (non-hydrogen) atoms. The number of halogens is 2. The molecule has 0 saturated carbocycles. The molecule has 0 aromatic heterocycles. The van der Waals surface area contributed by atoms with Gasteiger partial charge in [-0.15, -0.1) is 0 Å². The monoisotopic (exact) mass is 408 g/mol. The lowest BCUT2D eigenvalue weighted by atomic mass is 10.2. The van der Waals surface area contributed by atoms with E-state index in [4.69, 9.17) is 9.84 Å². The van der Waals surface area contributed by atoms with E-state index in [1.807, 2.05) is 0 Å². The van der Waals surface area contributed by atoms with E-state index in [-0.39, 0.29) is 17.4 Å². The van der Waals surface area contributed by atoms with Crippen LogP contribution in [0.15, 0.2) is 21.1 Å². The van der Waals surface area contributed by atoms with Gasteiger partial charge < -0.3 is 20.5 Å². The number of aromatic carboxylic acids is 1. The second-order valence-electron chi connectivity index (χ2n) is 4.00. The predicted octanol–water partition coefficient (Wildman–Crippen LogP) is 3.07. The van der Waals surface area contributed by atoms with Crippen LogP contribution in [0.4, 0.5) is 10.5 Å². The molecule has 1 unspecified atom stereocenters. The van der Waals surface area contributed by atoms with Gasteiger partial charge in [-0.2, -0.15) is 0 Å². The van der Waals surface area contributed by atoms with Crippen molar-refractivity contribution in [3.8, 4) is 0 Å². The van der Waals surface area contributed by atoms with Gasteiger partial charge in [-0.3, -0.25) is 0 Å². The Morgan fingerprint density at radius 2 is 2.05 bits per heavy atom. The molecule has 110 valence electrons. The molecule has 6 nitrogen and oxygen atoms in total. The summed E-state index contributed by atoms with van der Waals surface area (Å²) in [6.07, 6.45) is -0.131. The van der Waals surface area contributed by atoms with E-state index in [1.165, 1.54) is 13.2 Å². The summed E-state index contributed by atoms with van der Waals surface area (Å²) in [5.74, 6) is -1.13. The van der Waals surface area contributed by atoms with Crippen molar-refractivity contribution in [2.24, 2.45) is 0 Å². The van der Waals surface area contributed by atoms with E-state index in [2.05, 4.69) is 42.5 Å². The molecule has 0 bridgehead atoms. The number of carbonyl (C=O) groups excluding carboxylic acids is 1. The molecule has 1 atom stereocenters. The molecular formula is C12H14Br2N2O4. The highest BCUT2D eigenvalue weighted by Crippen LogP contribution is 2.30. The molecule has 0 heterocycles. The van der Waals surface area contributed by atoms with E-state index in [9.17, 15) is 9.59 Å². The summed E-state index contributed by atoms with van der Waals surface area (Å²) in [6.45, 7) is 2.12. The number of urea groups is 1. The Balaban J connectivity index is 2.86. The van der Waals surface area contributed by atoms with Crippen molar-refractivity contribution in [1.29, 1.82) is 0 Å². The van der Waals surface area contributed by atoms with Gasteiger partial charge in [0, 0.05) is 22.6 Å². The second-order valence-corrected chi connectivity index (χ2v) is 5.77. The minimum atomic E-state index is -1.13. The number of carboxylic acids is 1. The molecule has 2 amide bonds. The molecule has 0 aliphatic heterocycles. The molecule has 1 aromatic rings. The van der Waals surface area contributed by atoms with Crippen LogP contribution in [0.3, 0.4) is 0 Å². The van der Waals surface area contributed by atoms with Gasteiger partial charge in [-0.05, 0) is 35.0 Å². The van der Waals surface area contributed by atoms with E-state index < -0.39 is 12.0 Å². The average Bonchev–Trinajstić information content (AvgIpc) is 2.38. The number of anilines is 1. The number of carbonyl (C=O) groups is 2. The zero-order chi connectivity index (χ0) is 15.3. The lowest BCUT2D eigenvalue weighted by Gasteiger charge is -2.14. The molecular weight excluding hydrogens is 396 g/mol. The fourth-order valence-electron chi connectivity index (χ4n) is 1.35. The highest BCUT2D eigenvalue weighted by molar-refractivity contribution is 9.11. The lowest BCUT2D eigenvalue weighted by molar-refractivity contribution is 0.0698. The molecule has 8 heteroatoms. The first kappa shape index (κ1) is 16.9. The maximum Gasteiger partial charge on any atom is 0.337 e. The van der Waals surface area contributed by atoms with Crippen LogP contribution >= 0.6 is 31.9 Å². The fourth-order valence-corrected chi connectivity index (χ4v) is 2.67. The summed E-state index contributed by atoms with van der Waals surface area (Å²) in [5, 5.41) is 14.3. The maximum absolute atomic E-state index is 11.7. The number of rotatable bonds is 5. The SMILES string of the molecule is COC(C)CNC(=O)Nc1c(Br)cc(Br)cc1C(=O)O. The van der Waals surface area contributed by atoms with Crippen LogP contribution in [0.25, 0.3) is 0 Å². The predicted molar refractivity (Wildman–Crippen MR) is 82.3 cm³/mol. The van der Waals surface area contributed by atoms with Crippen LogP contribution < -0.4 is 10.6 Å². The molecule has 0 radical (unpaired) electrons. The Bertz CT molecular complexity index is 522. The summed E-state index contributed by atoms with van der Waals surface area (Å²) in [5.41, 5.74) is 0.185. The standard InChI is InChI=1S/C12H14Br2N2O4/c1-6(20-2)5-15-12(19)16-10-8(11(17)18)3-7(13)4-9(10)14/h3-4,6H,5H2,1-2H3,(H,17,18)(H2,15,16,19). The number of carboxylic acid groups (broad SMARTS) is 1. The van der Waals surface area contributed by atoms with Crippen molar-refractivity contribution in [3.63, 3.8) is 0 Å². The Hall–Kier alpha value is -1.12. The summed E-state index contributed by atoms with van der Waals surface area (Å²) in [6, 6.07) is 2.57. The third-order valence-electron chi connectivity index (χ3n) is 2.48. The van der Waals surface area contributed by atoms with Crippen LogP contribution in [0, 0.1) is 0 Å². The first-order chi connectivity index (χ1) is 9.35. The van der Waals surface area contributed by atoms with Gasteiger partial charge >= 0.3 is 12.0 Å². The van der Waals surface area contributed by atoms with Crippen LogP contribution in [-0.4, -0.2) is 36.9 Å². The zero-order valence-corrected chi connectivity index (χ0v) is 14.0. The number of methoxy groups -OCH3 is 1. The fraction of sp³-hybridized carbons (Fsp3) is 0.333. The topological polar surface area (TPSA) is 87.7 Å². The lowest BCUT2D eigenvalue weighted by Crippen LogP contribution is -2.35. The number of ether oxygens (including phenoxy) is 1. The Morgan fingerprint density at radius 3 is 2.60 bits per heavy atom. The Morgan fingerprint density at radius 1 is 1.40 bits per heavy atom. The molecule has 0 spiro atoms. The third kappa shape index (κ3) is 4.77. The van der Waals surface area contributed by atoms with Gasteiger partial charge in [0.05, 0.1) is 17.4 Å². The largest absolute Gasteiger partial charge is 0.478 e. The quantitative estimate of drug-likeness (QED) is 0.697. The van der Waals surface area contributed by atoms with Crippen molar-refractivity contribution in [2.75, 3.05) is 19.0 Å². The Labute approximate surface area is 133 Å². The molecule has 1 aromatic carbocycles. The van der Waals surface area contributed by atoms with Crippen LogP contribution in [0.5, 0.6) is 0 Å². The summed E-state index contributed by atoms with van der Waals surface area (Å²) < 4.78 is 6.07. The molecule has 1 rings (SSSR count). The first-order valence-electron chi connectivity index (χ1n) is 5.65. The summed E-state index contributed by atoms with van der Waals surface area (Å²) in [7, 11) is 1.54. The Kier molecular flexibility index (Phi) is 6.44. The molecule has 0 aliphatic carbocycles. The van der Waals surface area contributed by atoms with Crippen molar-refractivity contribution in [2.45, 2.75) is 13.0 Å². The van der Waals surface area contributed by atoms with Crippen molar-refractivity contribution < 1.29 is 19.4 Å². The zero-order valence-electron chi connectivity index (χ0n) is 10.9. The second kappa shape index (κ2) is 7.61. The van der Waals surface area contributed by atoms with Crippen molar-refractivity contribution in [1.82, 2.24) is 5.32 Å². The molecule has 0 fully saturated rings. The van der Waals surface area contributed by atoms with E-state index in [0.717, 1.165) is 0 Å². The van der Waals surface area contributed by atoms with Gasteiger partial charge in [0.1, 0.15) is 0 Å². The van der Waals surface area contributed by atoms with E-state index >= 15 is 0 Å². The van der Waals surface area contributed by atoms with Gasteiger partial charge in [0.2, 0.25) is 0 Å². The minimum Gasteiger partial charge on any atom is -0.478 e. The van der Waals surface area contributed by atoms with Gasteiger partial charge in [-0.25, -0.2) is 9.59 Å². The molecule has 3 N–H and O–H groups in total. The highest BCUT2D eigenvalue weighted by Gasteiger charge is 2.17. The average molecular weight is 410 g/mol. The molecule has 0 aliphatic rings. The number of hydrogen-bond acceptors (Lipinski definition) is 3. The van der Waals surface area contributed by atoms with E-state index in [0.29, 0.717) is 15.5 Å². The van der Waals surface area contributed by atoms with Crippen LogP contribution in [0.2, 0.25) is 0 Å². The first-order valence-corrected chi connectivity index (χ1v) is 7.23. The normalized spacial score (nSPS) is 11.8. The van der Waals surface area contributed by atoms with Crippen LogP contribution in [-0.2, 0) is 4.74 Å². The van der Waals surface area contributed by atoms with Crippen LogP contribution in [0.1, 0.15) is 17.3 Å². The van der Waals surface area contributed by atoms with Gasteiger partial charge in [-0.1, -0.05) is 15.9 Å². The minimum absolute atomic E-state index is 0.0128. The summed E-state index contributed by atoms with van der Waals surface area (Å²) >= 11 is 6.43. The number of benzene rings is 1.